The van der Waals surface area contributed by atoms with E-state index in [1.54, 1.807) is 0 Å². The van der Waals surface area contributed by atoms with Gasteiger partial charge in [-0.15, -0.1) is 10.2 Å². The Balaban J connectivity index is 1.66. The van der Waals surface area contributed by atoms with E-state index >= 15 is 0 Å². The topological polar surface area (TPSA) is 69.6 Å². The molecule has 1 aromatic rings. The van der Waals surface area contributed by atoms with Crippen molar-refractivity contribution in [3.8, 4) is 0 Å². The molecule has 21 heavy (non-hydrogen) atoms. The van der Waals surface area contributed by atoms with E-state index in [0.29, 0.717) is 12.1 Å². The number of fused-ring (bicyclic) bond motifs is 1. The molecule has 0 amide bonds. The third kappa shape index (κ3) is 3.49. The van der Waals surface area contributed by atoms with Gasteiger partial charge in [0.15, 0.2) is 4.34 Å². The number of anilines is 1. The van der Waals surface area contributed by atoms with Gasteiger partial charge in [-0.1, -0.05) is 29.5 Å². The van der Waals surface area contributed by atoms with E-state index in [1.165, 1.54) is 48.9 Å². The standard InChI is InChI=1S/C13H20N4O2S2/c1-9-6-16-5-3-2-4-10(16)7-17(9)12-14-15-13(21-12)20-8-11(18)19/h9-10H,2-8H2,1H3,(H,18,19). The largest absolute Gasteiger partial charge is 0.481 e. The first kappa shape index (κ1) is 15.1. The van der Waals surface area contributed by atoms with E-state index in [1.807, 2.05) is 0 Å². The van der Waals surface area contributed by atoms with Gasteiger partial charge >= 0.3 is 5.97 Å². The number of aliphatic carboxylic acids is 1. The van der Waals surface area contributed by atoms with Crippen LogP contribution in [0.5, 0.6) is 0 Å². The summed E-state index contributed by atoms with van der Waals surface area (Å²) in [5, 5.41) is 18.0. The molecule has 116 valence electrons. The number of hydrogen-bond acceptors (Lipinski definition) is 7. The van der Waals surface area contributed by atoms with Crippen molar-refractivity contribution in [2.24, 2.45) is 0 Å². The molecular weight excluding hydrogens is 308 g/mol. The molecule has 0 aliphatic carbocycles. The molecule has 2 atom stereocenters. The molecule has 6 nitrogen and oxygen atoms in total. The SMILES string of the molecule is CC1CN2CCCCC2CN1c1nnc(SCC(=O)O)s1. The van der Waals surface area contributed by atoms with Gasteiger partial charge in [0.1, 0.15) is 0 Å². The van der Waals surface area contributed by atoms with E-state index in [9.17, 15) is 4.79 Å². The Hall–Kier alpha value is -0.860. The van der Waals surface area contributed by atoms with Crippen LogP contribution >= 0.6 is 23.1 Å². The van der Waals surface area contributed by atoms with E-state index in [0.717, 1.165) is 22.6 Å². The average molecular weight is 328 g/mol. The Morgan fingerprint density at radius 1 is 1.43 bits per heavy atom. The van der Waals surface area contributed by atoms with E-state index < -0.39 is 5.97 Å². The second-order valence-corrected chi connectivity index (χ2v) is 7.86. The third-order valence-corrected chi connectivity index (χ3v) is 6.23. The van der Waals surface area contributed by atoms with Crippen molar-refractivity contribution in [1.29, 1.82) is 0 Å². The maximum Gasteiger partial charge on any atom is 0.313 e. The summed E-state index contributed by atoms with van der Waals surface area (Å²) < 4.78 is 0.741. The lowest BCUT2D eigenvalue weighted by Crippen LogP contribution is -2.58. The van der Waals surface area contributed by atoms with Gasteiger partial charge in [-0.2, -0.15) is 0 Å². The van der Waals surface area contributed by atoms with Crippen LogP contribution in [0.2, 0.25) is 0 Å². The normalized spacial score (nSPS) is 26.6. The van der Waals surface area contributed by atoms with Gasteiger partial charge < -0.3 is 10.0 Å². The fourth-order valence-electron chi connectivity index (χ4n) is 3.12. The highest BCUT2D eigenvalue weighted by atomic mass is 32.2. The smallest absolute Gasteiger partial charge is 0.313 e. The molecule has 2 saturated heterocycles. The quantitative estimate of drug-likeness (QED) is 0.845. The van der Waals surface area contributed by atoms with Gasteiger partial charge in [-0.05, 0) is 26.3 Å². The highest BCUT2D eigenvalue weighted by molar-refractivity contribution is 8.01. The van der Waals surface area contributed by atoms with Crippen molar-refractivity contribution in [3.05, 3.63) is 0 Å². The van der Waals surface area contributed by atoms with Crippen molar-refractivity contribution in [2.45, 2.75) is 42.6 Å². The Morgan fingerprint density at radius 2 is 2.29 bits per heavy atom. The molecule has 0 bridgehead atoms. The van der Waals surface area contributed by atoms with Crippen molar-refractivity contribution >= 4 is 34.2 Å². The Kier molecular flexibility index (Phi) is 4.66. The fourth-order valence-corrected chi connectivity index (χ4v) is 4.79. The number of hydrogen-bond donors (Lipinski definition) is 1. The summed E-state index contributed by atoms with van der Waals surface area (Å²) in [5.41, 5.74) is 0. The molecule has 2 aliphatic heterocycles. The number of aromatic nitrogens is 2. The first-order valence-electron chi connectivity index (χ1n) is 7.32. The van der Waals surface area contributed by atoms with Crippen molar-refractivity contribution < 1.29 is 9.90 Å². The van der Waals surface area contributed by atoms with Gasteiger partial charge in [0, 0.05) is 25.2 Å². The molecule has 0 aromatic carbocycles. The first-order chi connectivity index (χ1) is 10.1. The van der Waals surface area contributed by atoms with E-state index in [2.05, 4.69) is 26.9 Å². The van der Waals surface area contributed by atoms with Gasteiger partial charge in [-0.25, -0.2) is 0 Å². The molecule has 0 radical (unpaired) electrons. The fraction of sp³-hybridized carbons (Fsp3) is 0.769. The van der Waals surface area contributed by atoms with Crippen LogP contribution in [0.25, 0.3) is 0 Å². The van der Waals surface area contributed by atoms with Crippen LogP contribution < -0.4 is 4.90 Å². The van der Waals surface area contributed by atoms with Gasteiger partial charge in [0.25, 0.3) is 0 Å². The number of nitrogens with zero attached hydrogens (tertiary/aromatic N) is 4. The molecule has 2 unspecified atom stereocenters. The zero-order valence-electron chi connectivity index (χ0n) is 12.1. The summed E-state index contributed by atoms with van der Waals surface area (Å²) in [5.74, 6) is -0.776. The Morgan fingerprint density at radius 3 is 3.10 bits per heavy atom. The molecule has 1 N–H and O–H groups in total. The van der Waals surface area contributed by atoms with Crippen LogP contribution in [0, 0.1) is 0 Å². The minimum absolute atomic E-state index is 0.0423. The number of piperidine rings is 1. The summed E-state index contributed by atoms with van der Waals surface area (Å²) in [6, 6.07) is 1.07. The van der Waals surface area contributed by atoms with Crippen molar-refractivity contribution in [3.63, 3.8) is 0 Å². The minimum Gasteiger partial charge on any atom is -0.481 e. The third-order valence-electron chi connectivity index (χ3n) is 4.15. The number of thioether (sulfide) groups is 1. The van der Waals surface area contributed by atoms with Gasteiger partial charge in [0.05, 0.1) is 5.75 Å². The summed E-state index contributed by atoms with van der Waals surface area (Å²) in [7, 11) is 0. The zero-order chi connectivity index (χ0) is 14.8. The van der Waals surface area contributed by atoms with Crippen LogP contribution in [0.3, 0.4) is 0 Å². The van der Waals surface area contributed by atoms with Gasteiger partial charge in [0.2, 0.25) is 5.13 Å². The van der Waals surface area contributed by atoms with Crippen molar-refractivity contribution in [2.75, 3.05) is 30.3 Å². The molecular formula is C13H20N4O2S2. The minimum atomic E-state index is -0.819. The predicted octanol–water partition coefficient (Wildman–Crippen LogP) is 1.78. The molecule has 3 rings (SSSR count). The van der Waals surface area contributed by atoms with Crippen LogP contribution in [-0.4, -0.2) is 63.6 Å². The number of carboxylic acid groups (broad SMARTS) is 1. The summed E-state index contributed by atoms with van der Waals surface area (Å²) in [6.45, 7) is 5.55. The number of carboxylic acids is 1. The van der Waals surface area contributed by atoms with E-state index in [-0.39, 0.29) is 5.75 Å². The summed E-state index contributed by atoms with van der Waals surface area (Å²) >= 11 is 2.75. The van der Waals surface area contributed by atoms with Crippen LogP contribution in [-0.2, 0) is 4.79 Å². The molecule has 0 saturated carbocycles. The lowest BCUT2D eigenvalue weighted by Gasteiger charge is -2.47. The van der Waals surface area contributed by atoms with Gasteiger partial charge in [-0.3, -0.25) is 9.69 Å². The Labute approximate surface area is 132 Å². The second-order valence-electron chi connectivity index (χ2n) is 5.68. The first-order valence-corrected chi connectivity index (χ1v) is 9.12. The number of piperazine rings is 1. The average Bonchev–Trinajstić information content (AvgIpc) is 2.93. The van der Waals surface area contributed by atoms with Crippen LogP contribution in [0.4, 0.5) is 5.13 Å². The summed E-state index contributed by atoms with van der Waals surface area (Å²) in [4.78, 5) is 15.6. The van der Waals surface area contributed by atoms with Crippen LogP contribution in [0.15, 0.2) is 4.34 Å². The van der Waals surface area contributed by atoms with Crippen molar-refractivity contribution in [1.82, 2.24) is 15.1 Å². The molecule has 0 spiro atoms. The predicted molar refractivity (Wildman–Crippen MR) is 84.3 cm³/mol. The molecule has 2 aliphatic rings. The maximum absolute atomic E-state index is 10.6. The number of carbonyl (C=O) groups is 1. The monoisotopic (exact) mass is 328 g/mol. The highest BCUT2D eigenvalue weighted by Gasteiger charge is 2.34. The lowest BCUT2D eigenvalue weighted by molar-refractivity contribution is -0.133. The highest BCUT2D eigenvalue weighted by Crippen LogP contribution is 2.32. The zero-order valence-corrected chi connectivity index (χ0v) is 13.7. The summed E-state index contributed by atoms with van der Waals surface area (Å²) in [6.07, 6.45) is 3.90. The van der Waals surface area contributed by atoms with Crippen LogP contribution in [0.1, 0.15) is 26.2 Å². The molecule has 1 aromatic heterocycles. The Bertz CT molecular complexity index is 510. The molecule has 8 heteroatoms. The molecule has 3 heterocycles. The second kappa shape index (κ2) is 6.50. The maximum atomic E-state index is 10.6. The number of rotatable bonds is 4. The molecule has 2 fully saturated rings. The van der Waals surface area contributed by atoms with E-state index in [4.69, 9.17) is 5.11 Å². The lowest BCUT2D eigenvalue weighted by atomic mass is 9.97.